The first-order valence-electron chi connectivity index (χ1n) is 7.09. The van der Waals surface area contributed by atoms with Crippen molar-refractivity contribution in [1.29, 1.82) is 0 Å². The highest BCUT2D eigenvalue weighted by Crippen LogP contribution is 2.27. The molecule has 1 aliphatic heterocycles. The molecule has 0 aromatic heterocycles. The van der Waals surface area contributed by atoms with E-state index in [1.54, 1.807) is 0 Å². The van der Waals surface area contributed by atoms with Crippen molar-refractivity contribution in [2.24, 2.45) is 0 Å². The molecule has 2 rings (SSSR count). The molecule has 0 spiro atoms. The van der Waals surface area contributed by atoms with E-state index < -0.39 is 0 Å². The van der Waals surface area contributed by atoms with Gasteiger partial charge in [0.1, 0.15) is 0 Å². The second kappa shape index (κ2) is 6.19. The van der Waals surface area contributed by atoms with Gasteiger partial charge in [-0.1, -0.05) is 35.0 Å². The molecule has 1 aromatic carbocycles. The topological polar surface area (TPSA) is 20.3 Å². The number of hydrogen-bond donors (Lipinski definition) is 0. The van der Waals surface area contributed by atoms with Crippen LogP contribution >= 0.6 is 15.9 Å². The van der Waals surface area contributed by atoms with Crippen LogP contribution in [0.2, 0.25) is 0 Å². The van der Waals surface area contributed by atoms with Crippen molar-refractivity contribution in [3.05, 3.63) is 34.3 Å². The van der Waals surface area contributed by atoms with Gasteiger partial charge >= 0.3 is 0 Å². The molecule has 1 atom stereocenters. The van der Waals surface area contributed by atoms with E-state index in [2.05, 4.69) is 34.7 Å². The number of likely N-dealkylation sites (tertiary alicyclic amines) is 1. The number of halogens is 1. The van der Waals surface area contributed by atoms with Crippen LogP contribution in [0.1, 0.15) is 38.7 Å². The second-order valence-electron chi connectivity index (χ2n) is 5.55. The molecule has 0 N–H and O–H groups in total. The molecule has 104 valence electrons. The van der Waals surface area contributed by atoms with Crippen LogP contribution in [0.3, 0.4) is 0 Å². The maximum Gasteiger partial charge on any atom is 0.157 e. The van der Waals surface area contributed by atoms with Gasteiger partial charge in [0.15, 0.2) is 5.78 Å². The Morgan fingerprint density at radius 1 is 1.26 bits per heavy atom. The highest BCUT2D eigenvalue weighted by Gasteiger charge is 2.38. The SMILES string of the molecule is CCC(C)(C(=O)Cc1ccc(Br)cc1)N1CCCC1. The summed E-state index contributed by atoms with van der Waals surface area (Å²) >= 11 is 3.43. The first kappa shape index (κ1) is 14.7. The monoisotopic (exact) mass is 323 g/mol. The number of hydrogen-bond acceptors (Lipinski definition) is 2. The Kier molecular flexibility index (Phi) is 4.80. The second-order valence-corrected chi connectivity index (χ2v) is 6.46. The molecule has 0 aliphatic carbocycles. The summed E-state index contributed by atoms with van der Waals surface area (Å²) in [5, 5.41) is 0. The van der Waals surface area contributed by atoms with Crippen LogP contribution in [0.25, 0.3) is 0 Å². The molecule has 1 aliphatic rings. The Morgan fingerprint density at radius 2 is 1.84 bits per heavy atom. The largest absolute Gasteiger partial charge is 0.297 e. The summed E-state index contributed by atoms with van der Waals surface area (Å²) in [4.78, 5) is 15.1. The number of nitrogens with zero attached hydrogens (tertiary/aromatic N) is 1. The van der Waals surface area contributed by atoms with Crippen molar-refractivity contribution in [1.82, 2.24) is 4.90 Å². The Bertz CT molecular complexity index is 437. The maximum absolute atomic E-state index is 12.7. The Balaban J connectivity index is 2.10. The number of rotatable bonds is 5. The minimum Gasteiger partial charge on any atom is -0.297 e. The summed E-state index contributed by atoms with van der Waals surface area (Å²) in [6.45, 7) is 6.37. The number of benzene rings is 1. The third kappa shape index (κ3) is 3.26. The van der Waals surface area contributed by atoms with Crippen LogP contribution in [-0.2, 0) is 11.2 Å². The predicted molar refractivity (Wildman–Crippen MR) is 82.4 cm³/mol. The molecule has 1 unspecified atom stereocenters. The van der Waals surface area contributed by atoms with E-state index in [4.69, 9.17) is 0 Å². The molecule has 0 saturated carbocycles. The lowest BCUT2D eigenvalue weighted by Crippen LogP contribution is -2.51. The highest BCUT2D eigenvalue weighted by atomic mass is 79.9. The zero-order chi connectivity index (χ0) is 13.9. The summed E-state index contributed by atoms with van der Waals surface area (Å²) in [6.07, 6.45) is 3.87. The van der Waals surface area contributed by atoms with Gasteiger partial charge in [0.25, 0.3) is 0 Å². The lowest BCUT2D eigenvalue weighted by atomic mass is 9.87. The molecule has 3 heteroatoms. The molecular weight excluding hydrogens is 302 g/mol. The average Bonchev–Trinajstić information content (AvgIpc) is 2.95. The van der Waals surface area contributed by atoms with Gasteiger partial charge in [-0.05, 0) is 57.0 Å². The molecule has 1 saturated heterocycles. The lowest BCUT2D eigenvalue weighted by molar-refractivity contribution is -0.129. The summed E-state index contributed by atoms with van der Waals surface area (Å²) in [5.74, 6) is 0.347. The van der Waals surface area contributed by atoms with E-state index in [9.17, 15) is 4.79 Å². The smallest absolute Gasteiger partial charge is 0.157 e. The standard InChI is InChI=1S/C16H22BrNO/c1-3-16(2,18-10-4-5-11-18)15(19)12-13-6-8-14(17)9-7-13/h6-9H,3-5,10-12H2,1-2H3. The van der Waals surface area contributed by atoms with Crippen molar-refractivity contribution in [2.45, 2.75) is 45.1 Å². The highest BCUT2D eigenvalue weighted by molar-refractivity contribution is 9.10. The molecule has 0 amide bonds. The van der Waals surface area contributed by atoms with Gasteiger partial charge in [0, 0.05) is 10.9 Å². The molecular formula is C16H22BrNO. The van der Waals surface area contributed by atoms with Gasteiger partial charge in [-0.2, -0.15) is 0 Å². The van der Waals surface area contributed by atoms with Crippen LogP contribution in [0, 0.1) is 0 Å². The molecule has 0 radical (unpaired) electrons. The molecule has 1 heterocycles. The van der Waals surface area contributed by atoms with Gasteiger partial charge < -0.3 is 0 Å². The maximum atomic E-state index is 12.7. The molecule has 0 bridgehead atoms. The zero-order valence-electron chi connectivity index (χ0n) is 11.8. The van der Waals surface area contributed by atoms with Gasteiger partial charge in [0.2, 0.25) is 0 Å². The summed E-state index contributed by atoms with van der Waals surface area (Å²) in [5.41, 5.74) is 0.816. The molecule has 2 nitrogen and oxygen atoms in total. The lowest BCUT2D eigenvalue weighted by Gasteiger charge is -2.36. The number of Topliss-reactive ketones (excluding diaryl/α,β-unsaturated/α-hetero) is 1. The van der Waals surface area contributed by atoms with Gasteiger partial charge in [-0.25, -0.2) is 0 Å². The first-order chi connectivity index (χ1) is 9.06. The fraction of sp³-hybridized carbons (Fsp3) is 0.562. The van der Waals surface area contributed by atoms with E-state index in [-0.39, 0.29) is 5.54 Å². The third-order valence-corrected chi connectivity index (χ3v) is 4.90. The summed E-state index contributed by atoms with van der Waals surface area (Å²) in [6, 6.07) is 8.06. The Hall–Kier alpha value is -0.670. The molecule has 19 heavy (non-hydrogen) atoms. The van der Waals surface area contributed by atoms with Gasteiger partial charge in [0.05, 0.1) is 5.54 Å². The van der Waals surface area contributed by atoms with E-state index in [0.29, 0.717) is 12.2 Å². The quantitative estimate of drug-likeness (QED) is 0.820. The number of ketones is 1. The zero-order valence-corrected chi connectivity index (χ0v) is 13.4. The molecule has 1 fully saturated rings. The fourth-order valence-corrected chi connectivity index (χ4v) is 3.05. The third-order valence-electron chi connectivity index (χ3n) is 4.37. The van der Waals surface area contributed by atoms with Crippen LogP contribution in [0.5, 0.6) is 0 Å². The predicted octanol–water partition coefficient (Wildman–Crippen LogP) is 3.83. The van der Waals surface area contributed by atoms with Crippen molar-refractivity contribution in [3.63, 3.8) is 0 Å². The van der Waals surface area contributed by atoms with Gasteiger partial charge in [-0.3, -0.25) is 9.69 Å². The molecule has 1 aromatic rings. The average molecular weight is 324 g/mol. The summed E-state index contributed by atoms with van der Waals surface area (Å²) in [7, 11) is 0. The van der Waals surface area contributed by atoms with Gasteiger partial charge in [-0.15, -0.1) is 0 Å². The normalized spacial score (nSPS) is 19.3. The van der Waals surface area contributed by atoms with Crippen LogP contribution in [0.15, 0.2) is 28.7 Å². The summed E-state index contributed by atoms with van der Waals surface area (Å²) < 4.78 is 1.06. The van der Waals surface area contributed by atoms with Crippen molar-refractivity contribution in [2.75, 3.05) is 13.1 Å². The van der Waals surface area contributed by atoms with Crippen LogP contribution < -0.4 is 0 Å². The number of carbonyl (C=O) groups excluding carboxylic acids is 1. The van der Waals surface area contributed by atoms with Crippen LogP contribution in [-0.4, -0.2) is 29.3 Å². The Morgan fingerprint density at radius 3 is 2.37 bits per heavy atom. The van der Waals surface area contributed by atoms with Crippen molar-refractivity contribution < 1.29 is 4.79 Å². The van der Waals surface area contributed by atoms with E-state index >= 15 is 0 Å². The number of carbonyl (C=O) groups is 1. The van der Waals surface area contributed by atoms with E-state index in [0.717, 1.165) is 29.5 Å². The minimum atomic E-state index is -0.288. The van der Waals surface area contributed by atoms with Crippen molar-refractivity contribution >= 4 is 21.7 Å². The van der Waals surface area contributed by atoms with Crippen molar-refractivity contribution in [3.8, 4) is 0 Å². The fourth-order valence-electron chi connectivity index (χ4n) is 2.79. The Labute approximate surface area is 124 Å². The van der Waals surface area contributed by atoms with E-state index in [1.807, 2.05) is 24.3 Å². The first-order valence-corrected chi connectivity index (χ1v) is 7.88. The minimum absolute atomic E-state index is 0.288. The van der Waals surface area contributed by atoms with E-state index in [1.165, 1.54) is 12.8 Å². The van der Waals surface area contributed by atoms with Crippen LogP contribution in [0.4, 0.5) is 0 Å².